The Bertz CT molecular complexity index is 1430. The van der Waals surface area contributed by atoms with Gasteiger partial charge in [0.2, 0.25) is 0 Å². The molecule has 0 aliphatic heterocycles. The summed E-state index contributed by atoms with van der Waals surface area (Å²) in [6.07, 6.45) is 5.40. The number of hydrogen-bond donors (Lipinski definition) is 3. The summed E-state index contributed by atoms with van der Waals surface area (Å²) >= 11 is 0. The highest BCUT2D eigenvalue weighted by Crippen LogP contribution is 2.34. The molecule has 0 radical (unpaired) electrons. The lowest BCUT2D eigenvalue weighted by atomic mass is 9.89. The zero-order valence-corrected chi connectivity index (χ0v) is 22.2. The Labute approximate surface area is 236 Å². The molecule has 4 aromatic rings. The summed E-state index contributed by atoms with van der Waals surface area (Å²) in [4.78, 5) is 35.5. The first kappa shape index (κ1) is 29.0. The van der Waals surface area contributed by atoms with E-state index in [1.54, 1.807) is 0 Å². The molecular formula is C33H40N4O3. The van der Waals surface area contributed by atoms with Gasteiger partial charge < -0.3 is 20.7 Å². The minimum absolute atomic E-state index is 0. The van der Waals surface area contributed by atoms with Gasteiger partial charge in [-0.05, 0) is 84.7 Å². The van der Waals surface area contributed by atoms with Crippen LogP contribution < -0.4 is 5.73 Å². The number of amides is 1. The zero-order valence-electron chi connectivity index (χ0n) is 22.2. The summed E-state index contributed by atoms with van der Waals surface area (Å²) in [5.74, 6) is -0.124. The number of aromatic amines is 1. The van der Waals surface area contributed by atoms with Crippen molar-refractivity contribution in [2.45, 2.75) is 64.8 Å². The maximum Gasteiger partial charge on any atom is 0.303 e. The van der Waals surface area contributed by atoms with Crippen LogP contribution in [0.4, 0.5) is 0 Å². The van der Waals surface area contributed by atoms with Crippen molar-refractivity contribution in [1.29, 1.82) is 0 Å². The lowest BCUT2D eigenvalue weighted by molar-refractivity contribution is -0.137. The van der Waals surface area contributed by atoms with E-state index in [0.717, 1.165) is 64.8 Å². The summed E-state index contributed by atoms with van der Waals surface area (Å²) in [7, 11) is 0. The smallest absolute Gasteiger partial charge is 0.303 e. The lowest BCUT2D eigenvalue weighted by Crippen LogP contribution is -2.32. The number of para-hydroxylation sites is 2. The number of fused-ring (bicyclic) bond motifs is 3. The summed E-state index contributed by atoms with van der Waals surface area (Å²) in [5, 5.41) is 9.53. The molecule has 5 rings (SSSR count). The fourth-order valence-electron chi connectivity index (χ4n) is 5.69. The van der Waals surface area contributed by atoms with Gasteiger partial charge in [-0.3, -0.25) is 9.59 Å². The van der Waals surface area contributed by atoms with Crippen molar-refractivity contribution in [2.75, 3.05) is 13.1 Å². The number of nitrogens with one attached hydrogen (secondary N) is 1. The number of aromatic nitrogens is 2. The zero-order chi connectivity index (χ0) is 27.2. The molecule has 1 aliphatic carbocycles. The Morgan fingerprint density at radius 1 is 0.950 bits per heavy atom. The highest BCUT2D eigenvalue weighted by Gasteiger charge is 2.25. The number of carboxylic acid groups (broad SMARTS) is 1. The summed E-state index contributed by atoms with van der Waals surface area (Å²) in [6.45, 7) is 1.74. The number of carboxylic acids is 1. The van der Waals surface area contributed by atoms with E-state index in [-0.39, 0.29) is 25.7 Å². The summed E-state index contributed by atoms with van der Waals surface area (Å²) in [6, 6.07) is 21.9. The average molecular weight is 541 g/mol. The molecule has 1 aromatic heterocycles. The number of nitrogens with two attached hydrogens (primary N) is 1. The van der Waals surface area contributed by atoms with Crippen LogP contribution in [0.2, 0.25) is 0 Å². The molecule has 7 nitrogen and oxygen atoms in total. The van der Waals surface area contributed by atoms with Crippen molar-refractivity contribution >= 4 is 22.9 Å². The number of aliphatic carboxylic acids is 1. The van der Waals surface area contributed by atoms with Crippen LogP contribution in [0.5, 0.6) is 0 Å². The third-order valence-electron chi connectivity index (χ3n) is 7.66. The fourth-order valence-corrected chi connectivity index (χ4v) is 5.69. The molecule has 0 saturated heterocycles. The SMILES string of the molecule is C.NCCCCCCN(Cc1nc2ccccc2[nH]1)C(=O)c1ccc2c(c1)Cc1ccccc1[C@H](CC(=O)O)C2. The molecule has 3 aromatic carbocycles. The van der Waals surface area contributed by atoms with Crippen LogP contribution in [0.15, 0.2) is 66.7 Å². The molecule has 210 valence electrons. The topological polar surface area (TPSA) is 112 Å². The van der Waals surface area contributed by atoms with Crippen molar-refractivity contribution in [3.8, 4) is 0 Å². The monoisotopic (exact) mass is 540 g/mol. The number of hydrogen-bond acceptors (Lipinski definition) is 4. The van der Waals surface area contributed by atoms with Crippen LogP contribution in [-0.2, 0) is 24.2 Å². The maximum atomic E-state index is 13.9. The molecular weight excluding hydrogens is 500 g/mol. The van der Waals surface area contributed by atoms with Crippen LogP contribution in [-0.4, -0.2) is 44.9 Å². The van der Waals surface area contributed by atoms with Gasteiger partial charge in [0.25, 0.3) is 5.91 Å². The van der Waals surface area contributed by atoms with Crippen LogP contribution in [0.25, 0.3) is 11.0 Å². The predicted molar refractivity (Wildman–Crippen MR) is 159 cm³/mol. The van der Waals surface area contributed by atoms with E-state index in [1.807, 2.05) is 65.6 Å². The highest BCUT2D eigenvalue weighted by atomic mass is 16.4. The van der Waals surface area contributed by atoms with Crippen LogP contribution in [0.3, 0.4) is 0 Å². The minimum atomic E-state index is -0.794. The molecule has 0 unspecified atom stereocenters. The quantitative estimate of drug-likeness (QED) is 0.200. The molecule has 0 bridgehead atoms. The number of unbranched alkanes of at least 4 members (excludes halogenated alkanes) is 3. The first-order valence-electron chi connectivity index (χ1n) is 13.9. The molecule has 1 amide bonds. The lowest BCUT2D eigenvalue weighted by Gasteiger charge is -2.23. The number of nitrogens with zero attached hydrogens (tertiary/aromatic N) is 2. The maximum absolute atomic E-state index is 13.9. The van der Waals surface area contributed by atoms with E-state index in [2.05, 4.69) is 11.1 Å². The Morgan fingerprint density at radius 2 is 1.73 bits per heavy atom. The van der Waals surface area contributed by atoms with Crippen LogP contribution in [0, 0.1) is 0 Å². The number of carbonyl (C=O) groups is 2. The van der Waals surface area contributed by atoms with Gasteiger partial charge in [-0.1, -0.05) is 62.7 Å². The molecule has 7 heteroatoms. The van der Waals surface area contributed by atoms with E-state index in [0.29, 0.717) is 38.0 Å². The van der Waals surface area contributed by atoms with Crippen molar-refractivity contribution in [2.24, 2.45) is 5.73 Å². The van der Waals surface area contributed by atoms with E-state index < -0.39 is 5.97 Å². The number of carbonyl (C=O) groups excluding carboxylic acids is 1. The van der Waals surface area contributed by atoms with Crippen molar-refractivity contribution in [1.82, 2.24) is 14.9 Å². The molecule has 40 heavy (non-hydrogen) atoms. The van der Waals surface area contributed by atoms with E-state index >= 15 is 0 Å². The Hall–Kier alpha value is -3.97. The van der Waals surface area contributed by atoms with Crippen molar-refractivity contribution in [3.63, 3.8) is 0 Å². The van der Waals surface area contributed by atoms with E-state index in [1.165, 1.54) is 0 Å². The Kier molecular flexibility index (Phi) is 9.72. The van der Waals surface area contributed by atoms with Crippen LogP contribution in [0.1, 0.15) is 83.9 Å². The van der Waals surface area contributed by atoms with Gasteiger partial charge in [-0.15, -0.1) is 0 Å². The van der Waals surface area contributed by atoms with Crippen molar-refractivity contribution in [3.05, 3.63) is 100 Å². The molecule has 1 aliphatic rings. The average Bonchev–Trinajstić information content (AvgIpc) is 3.28. The minimum Gasteiger partial charge on any atom is -0.481 e. The molecule has 4 N–H and O–H groups in total. The normalized spacial score (nSPS) is 14.1. The van der Waals surface area contributed by atoms with Gasteiger partial charge in [0.1, 0.15) is 5.82 Å². The number of benzene rings is 3. The number of rotatable bonds is 11. The second-order valence-electron chi connectivity index (χ2n) is 10.5. The third-order valence-corrected chi connectivity index (χ3v) is 7.66. The largest absolute Gasteiger partial charge is 0.481 e. The second-order valence-corrected chi connectivity index (χ2v) is 10.5. The Balaban J connectivity index is 0.00000370. The number of H-pyrrole nitrogens is 1. The molecule has 1 heterocycles. The Morgan fingerprint density at radius 3 is 2.52 bits per heavy atom. The first-order valence-corrected chi connectivity index (χ1v) is 13.9. The molecule has 1 atom stereocenters. The van der Waals surface area contributed by atoms with Gasteiger partial charge >= 0.3 is 5.97 Å². The predicted octanol–water partition coefficient (Wildman–Crippen LogP) is 6.07. The number of imidazole rings is 1. The van der Waals surface area contributed by atoms with Gasteiger partial charge in [-0.2, -0.15) is 0 Å². The standard InChI is InChI=1S/C32H36N4O3.CH4/c33-15-7-1-2-8-16-36(21-30-34-28-11-5-6-12-29(28)35-30)32(39)24-14-13-22-17-26(20-31(37)38)27-10-4-3-9-23(27)18-25(22)19-24;/h3-6,9-14,19,26H,1-2,7-8,15-18,20-21,33H2,(H,34,35)(H,37,38);1H4/t26-;/m0./s1. The fraction of sp³-hybridized carbons (Fsp3) is 0.364. The van der Waals surface area contributed by atoms with Gasteiger partial charge in [0.05, 0.1) is 24.0 Å². The highest BCUT2D eigenvalue weighted by molar-refractivity contribution is 5.94. The van der Waals surface area contributed by atoms with Gasteiger partial charge in [0, 0.05) is 12.1 Å². The van der Waals surface area contributed by atoms with Crippen LogP contribution >= 0.6 is 0 Å². The molecule has 0 fully saturated rings. The van der Waals surface area contributed by atoms with E-state index in [9.17, 15) is 14.7 Å². The second kappa shape index (κ2) is 13.4. The van der Waals surface area contributed by atoms with E-state index in [4.69, 9.17) is 10.7 Å². The first-order chi connectivity index (χ1) is 19.0. The van der Waals surface area contributed by atoms with Gasteiger partial charge in [0.15, 0.2) is 0 Å². The summed E-state index contributed by atoms with van der Waals surface area (Å²) < 4.78 is 0. The third kappa shape index (κ3) is 6.77. The molecule has 0 spiro atoms. The van der Waals surface area contributed by atoms with Crippen molar-refractivity contribution < 1.29 is 14.7 Å². The van der Waals surface area contributed by atoms with Gasteiger partial charge in [-0.25, -0.2) is 4.98 Å². The molecule has 0 saturated carbocycles. The summed E-state index contributed by atoms with van der Waals surface area (Å²) in [5.41, 5.74) is 12.6.